The Kier molecular flexibility index (Phi) is 11.5. The van der Waals surface area contributed by atoms with E-state index in [0.717, 1.165) is 11.1 Å². The van der Waals surface area contributed by atoms with Gasteiger partial charge in [0.1, 0.15) is 33.8 Å². The van der Waals surface area contributed by atoms with Crippen molar-refractivity contribution < 1.29 is 55.6 Å². The van der Waals surface area contributed by atoms with Gasteiger partial charge in [0.05, 0.1) is 61.4 Å². The molecule has 4 N–H and O–H groups in total. The van der Waals surface area contributed by atoms with Crippen LogP contribution in [0.2, 0.25) is 0 Å². The van der Waals surface area contributed by atoms with Crippen molar-refractivity contribution in [3.05, 3.63) is 95.8 Å². The summed E-state index contributed by atoms with van der Waals surface area (Å²) < 4.78 is 93.1. The van der Waals surface area contributed by atoms with Crippen LogP contribution in [0, 0.1) is 0 Å². The number of amides is 2. The third-order valence-electron chi connectivity index (χ3n) is 14.5. The van der Waals surface area contributed by atoms with Crippen LogP contribution in [0.5, 0.6) is 11.5 Å². The van der Waals surface area contributed by atoms with Crippen molar-refractivity contribution in [2.45, 2.75) is 87.3 Å². The third kappa shape index (κ3) is 8.97. The van der Waals surface area contributed by atoms with Gasteiger partial charge in [0.2, 0.25) is 0 Å². The Bertz CT molecular complexity index is 2890. The van der Waals surface area contributed by atoms with Crippen molar-refractivity contribution in [3.63, 3.8) is 0 Å². The smallest absolute Gasteiger partial charge is 0.401 e. The molecule has 380 valence electrons. The molecule has 0 saturated carbocycles. The van der Waals surface area contributed by atoms with Crippen molar-refractivity contribution in [1.82, 2.24) is 39.0 Å². The van der Waals surface area contributed by atoms with Crippen LogP contribution < -0.4 is 29.9 Å². The molecule has 4 fully saturated rings. The summed E-state index contributed by atoms with van der Waals surface area (Å²) in [5, 5.41) is 33.9. The number of carbonyl (C=O) groups is 2. The van der Waals surface area contributed by atoms with E-state index in [2.05, 4.69) is 40.6 Å². The molecule has 4 aromatic heterocycles. The maximum atomic E-state index is 13.3. The Balaban J connectivity index is 0.000000156. The number of nitrogens with one attached hydrogen (secondary N) is 2. The first-order valence-corrected chi connectivity index (χ1v) is 23.5. The molecule has 6 aliphatic heterocycles. The summed E-state index contributed by atoms with van der Waals surface area (Å²) in [5.74, 6) is 0.424. The van der Waals surface area contributed by atoms with Crippen molar-refractivity contribution in [2.24, 2.45) is 0 Å². The SMILES string of the molecule is C[C@@]1(CO)Cc2cc(NC(=O)c3cnn4cccnc34)c(N3C[C@H]4C[C@@H]3CN4CC(F)(F)F)cc2O1.C[C@]1(CO)Cc2cc(NC(=O)c3cnn4cccnc34)c(N3C[C@H]4C[C@@H]3CN4CC(F)(F)F)cc2O1. The number of nitrogens with zero attached hydrogens (tertiary/aromatic N) is 10. The van der Waals surface area contributed by atoms with Crippen LogP contribution in [0.1, 0.15) is 58.5 Å². The number of hydrogen-bond acceptors (Lipinski definition) is 14. The van der Waals surface area contributed by atoms with Crippen molar-refractivity contribution in [2.75, 3.05) is 72.9 Å². The highest BCUT2D eigenvalue weighted by molar-refractivity contribution is 6.10. The van der Waals surface area contributed by atoms with Crippen LogP contribution in [-0.4, -0.2) is 161 Å². The van der Waals surface area contributed by atoms with E-state index in [1.165, 1.54) is 31.2 Å². The number of ether oxygens (including phenoxy) is 2. The predicted molar refractivity (Wildman–Crippen MR) is 249 cm³/mol. The zero-order valence-corrected chi connectivity index (χ0v) is 39.0. The molecule has 72 heavy (non-hydrogen) atoms. The fourth-order valence-electron chi connectivity index (χ4n) is 11.2. The molecule has 6 atom stereocenters. The molecule has 4 bridgehead atoms. The number of carbonyl (C=O) groups excluding carboxylic acids is 2. The number of aromatic nitrogens is 6. The van der Waals surface area contributed by atoms with Gasteiger partial charge in [-0.3, -0.25) is 19.4 Å². The van der Waals surface area contributed by atoms with Gasteiger partial charge >= 0.3 is 12.4 Å². The molecule has 2 amide bonds. The maximum absolute atomic E-state index is 13.3. The van der Waals surface area contributed by atoms with E-state index in [0.29, 0.717) is 109 Å². The molecule has 24 heteroatoms. The molecular weight excluding hydrogens is 955 g/mol. The number of halogens is 6. The Hall–Kier alpha value is -6.76. The van der Waals surface area contributed by atoms with Crippen LogP contribution in [0.4, 0.5) is 49.1 Å². The Morgan fingerprint density at radius 3 is 1.43 bits per heavy atom. The maximum Gasteiger partial charge on any atom is 0.401 e. The first-order valence-electron chi connectivity index (χ1n) is 23.5. The Labute approximate surface area is 407 Å². The molecule has 0 spiro atoms. The lowest BCUT2D eigenvalue weighted by atomic mass is 9.99. The normalized spacial score (nSPS) is 25.4. The molecule has 18 nitrogen and oxygen atoms in total. The second-order valence-corrected chi connectivity index (χ2v) is 20.0. The van der Waals surface area contributed by atoms with Gasteiger partial charge in [0.25, 0.3) is 11.8 Å². The van der Waals surface area contributed by atoms with Gasteiger partial charge in [-0.1, -0.05) is 0 Å². The summed E-state index contributed by atoms with van der Waals surface area (Å²) in [5.41, 5.74) is 4.01. The molecule has 6 aliphatic rings. The number of aliphatic hydroxyl groups excluding tert-OH is 2. The first-order chi connectivity index (χ1) is 34.2. The molecule has 10 heterocycles. The largest absolute Gasteiger partial charge is 0.484 e. The van der Waals surface area contributed by atoms with Gasteiger partial charge in [-0.2, -0.15) is 36.5 Å². The highest BCUT2D eigenvalue weighted by atomic mass is 19.4. The van der Waals surface area contributed by atoms with E-state index in [4.69, 9.17) is 9.47 Å². The number of aliphatic hydroxyl groups is 2. The fraction of sp³-hybridized carbons (Fsp3) is 0.458. The summed E-state index contributed by atoms with van der Waals surface area (Å²) in [6, 6.07) is 10.1. The number of rotatable bonds is 10. The van der Waals surface area contributed by atoms with E-state index >= 15 is 0 Å². The lowest BCUT2D eigenvalue weighted by molar-refractivity contribution is -0.148. The number of hydrogen-bond donors (Lipinski definition) is 4. The minimum Gasteiger partial charge on any atom is -0.484 e. The summed E-state index contributed by atoms with van der Waals surface area (Å²) in [4.78, 5) is 42.1. The average molecular weight is 1000 g/mol. The molecule has 4 saturated heterocycles. The second-order valence-electron chi connectivity index (χ2n) is 20.0. The lowest BCUT2D eigenvalue weighted by Gasteiger charge is -2.36. The first kappa shape index (κ1) is 47.6. The Morgan fingerprint density at radius 2 is 1.07 bits per heavy atom. The van der Waals surface area contributed by atoms with E-state index in [-0.39, 0.29) is 37.4 Å². The fourth-order valence-corrected chi connectivity index (χ4v) is 11.2. The zero-order chi connectivity index (χ0) is 50.5. The van der Waals surface area contributed by atoms with Crippen LogP contribution in [0.3, 0.4) is 0 Å². The monoisotopic (exact) mass is 1000 g/mol. The molecule has 0 aliphatic carbocycles. The van der Waals surface area contributed by atoms with Crippen LogP contribution in [-0.2, 0) is 12.8 Å². The van der Waals surface area contributed by atoms with Gasteiger partial charge < -0.3 is 40.1 Å². The number of likely N-dealkylation sites (tertiary alicyclic amines) is 2. The van der Waals surface area contributed by atoms with E-state index in [9.17, 15) is 46.1 Å². The quantitative estimate of drug-likeness (QED) is 0.134. The van der Waals surface area contributed by atoms with Crippen LogP contribution >= 0.6 is 0 Å². The number of alkyl halides is 6. The van der Waals surface area contributed by atoms with Gasteiger partial charge in [-0.25, -0.2) is 19.0 Å². The Morgan fingerprint density at radius 1 is 0.653 bits per heavy atom. The second kappa shape index (κ2) is 17.5. The summed E-state index contributed by atoms with van der Waals surface area (Å²) in [7, 11) is 0. The van der Waals surface area contributed by atoms with Gasteiger partial charge in [0, 0.05) is 111 Å². The number of benzene rings is 2. The van der Waals surface area contributed by atoms with Crippen molar-refractivity contribution >= 4 is 45.9 Å². The molecule has 6 aromatic rings. The zero-order valence-electron chi connectivity index (χ0n) is 39.0. The highest BCUT2D eigenvalue weighted by Gasteiger charge is 2.50. The number of piperazine rings is 2. The summed E-state index contributed by atoms with van der Waals surface area (Å²) >= 11 is 0. The molecule has 12 rings (SSSR count). The lowest BCUT2D eigenvalue weighted by Crippen LogP contribution is -2.49. The minimum absolute atomic E-state index is 0.115. The number of fused-ring (bicyclic) bond motifs is 8. The van der Waals surface area contributed by atoms with Gasteiger partial charge in [0.15, 0.2) is 11.3 Å². The van der Waals surface area contributed by atoms with Gasteiger partial charge in [-0.05, 0) is 51.0 Å². The average Bonchev–Trinajstić information content (AvgIpc) is 4.20. The van der Waals surface area contributed by atoms with Crippen molar-refractivity contribution in [3.8, 4) is 11.5 Å². The van der Waals surface area contributed by atoms with Crippen LogP contribution in [0.15, 0.2) is 73.6 Å². The highest BCUT2D eigenvalue weighted by Crippen LogP contribution is 2.47. The standard InChI is InChI=1S/2C24H25F3N6O3/c2*1-23(13-34)8-14-5-18(30-22(35)17-9-29-33-4-2-3-28-21(17)33)19(7-20(14)36-23)32-11-15-6-16(32)10-31(15)12-24(25,26)27/h2*2-5,7,9,15-16,34H,6,8,10-13H2,1H3,(H,30,35)/t15-,16-,23+;15-,16-,23-/m11/s1. The number of anilines is 4. The molecule has 0 radical (unpaired) electrons. The predicted octanol–water partition coefficient (Wildman–Crippen LogP) is 4.99. The van der Waals surface area contributed by atoms with Gasteiger partial charge in [-0.15, -0.1) is 0 Å². The third-order valence-corrected chi connectivity index (χ3v) is 14.5. The molecule has 0 unspecified atom stereocenters. The molecule has 2 aromatic carbocycles. The minimum atomic E-state index is -4.24. The summed E-state index contributed by atoms with van der Waals surface area (Å²) in [6.45, 7) is 2.84. The van der Waals surface area contributed by atoms with Crippen molar-refractivity contribution in [1.29, 1.82) is 0 Å². The topological polar surface area (TPSA) is 190 Å². The van der Waals surface area contributed by atoms with E-state index in [1.807, 2.05) is 38.1 Å². The molecular formula is C48H50F6N12O6. The summed E-state index contributed by atoms with van der Waals surface area (Å²) in [6.07, 6.45) is 3.12. The van der Waals surface area contributed by atoms with E-state index in [1.54, 1.807) is 36.9 Å². The van der Waals surface area contributed by atoms with E-state index < -0.39 is 48.5 Å². The van der Waals surface area contributed by atoms with Crippen LogP contribution in [0.25, 0.3) is 11.3 Å².